The molecule has 6 fully saturated rings. The van der Waals surface area contributed by atoms with Crippen molar-refractivity contribution in [1.29, 1.82) is 0 Å². The Morgan fingerprint density at radius 1 is 0.933 bits per heavy atom. The third-order valence-corrected chi connectivity index (χ3v) is 11.0. The molecular weight excluding hydrogens is 264 g/mol. The molecule has 0 aromatic rings. The van der Waals surface area contributed by atoms with E-state index >= 15 is 0 Å². The highest BCUT2D eigenvalue weighted by atomic mass is 79.9. The molecule has 0 N–H and O–H groups in total. The number of rotatable bonds is 1. The fourth-order valence-corrected chi connectivity index (χ4v) is 11.8. The van der Waals surface area contributed by atoms with Crippen LogP contribution in [0.15, 0.2) is 0 Å². The molecular formula is C13H15BrSi. The molecule has 0 aliphatic heterocycles. The first-order valence-electron chi connectivity index (χ1n) is 6.17. The van der Waals surface area contributed by atoms with Crippen molar-refractivity contribution in [3.63, 3.8) is 0 Å². The summed E-state index contributed by atoms with van der Waals surface area (Å²) in [5.74, 6) is 10.2. The van der Waals surface area contributed by atoms with Crippen molar-refractivity contribution in [3.05, 3.63) is 0 Å². The molecule has 0 heterocycles. The Labute approximate surface area is 100 Å². The second kappa shape index (κ2) is 1.71. The molecule has 0 saturated heterocycles. The molecule has 0 aromatic carbocycles. The summed E-state index contributed by atoms with van der Waals surface area (Å²) in [6.07, 6.45) is 0. The Morgan fingerprint density at radius 3 is 1.73 bits per heavy atom. The Kier molecular flexibility index (Phi) is 0.954. The molecule has 0 atom stereocenters. The lowest BCUT2D eigenvalue weighted by Crippen LogP contribution is -3.09. The van der Waals surface area contributed by atoms with E-state index in [1.807, 2.05) is 0 Å². The van der Waals surface area contributed by atoms with Gasteiger partial charge in [0.1, 0.15) is 0 Å². The summed E-state index contributed by atoms with van der Waals surface area (Å²) in [4.78, 5) is 3.03. The standard InChI is InChI=1S/C13H15BrSi/c1-15(2,3)13-9-6-10(13)8-11(13)7(9)12(6,8)4-5-14/h6-11H,1-3H3. The molecule has 0 unspecified atom stereocenters. The van der Waals surface area contributed by atoms with Gasteiger partial charge in [-0.2, -0.15) is 0 Å². The molecule has 6 rings (SSSR count). The lowest BCUT2D eigenvalue weighted by molar-refractivity contribution is -0.587. The summed E-state index contributed by atoms with van der Waals surface area (Å²) in [5, 5.41) is 0.933. The van der Waals surface area contributed by atoms with Gasteiger partial charge in [0.05, 0.1) is 8.07 Å². The van der Waals surface area contributed by atoms with Gasteiger partial charge >= 0.3 is 0 Å². The van der Waals surface area contributed by atoms with Crippen LogP contribution in [0.5, 0.6) is 0 Å². The normalized spacial score (nSPS) is 73.3. The summed E-state index contributed by atoms with van der Waals surface area (Å²) in [6.45, 7) is 7.82. The Bertz CT molecular complexity index is 421. The van der Waals surface area contributed by atoms with Gasteiger partial charge in [-0.1, -0.05) is 25.6 Å². The van der Waals surface area contributed by atoms with Gasteiger partial charge in [0.25, 0.3) is 0 Å². The van der Waals surface area contributed by atoms with E-state index in [9.17, 15) is 0 Å². The number of hydrogen-bond donors (Lipinski definition) is 0. The van der Waals surface area contributed by atoms with Crippen LogP contribution in [0.1, 0.15) is 0 Å². The fraction of sp³-hybridized carbons (Fsp3) is 0.846. The molecule has 6 aliphatic carbocycles. The van der Waals surface area contributed by atoms with Crippen LogP contribution in [0, 0.1) is 51.7 Å². The Morgan fingerprint density at radius 2 is 1.40 bits per heavy atom. The minimum absolute atomic E-state index is 0.574. The van der Waals surface area contributed by atoms with E-state index in [-0.39, 0.29) is 0 Å². The molecule has 0 bridgehead atoms. The maximum atomic E-state index is 3.52. The van der Waals surface area contributed by atoms with Crippen LogP contribution >= 0.6 is 15.9 Å². The van der Waals surface area contributed by atoms with Crippen molar-refractivity contribution in [2.45, 2.75) is 24.7 Å². The summed E-state index contributed by atoms with van der Waals surface area (Å²) in [7, 11) is -0.898. The highest BCUT2D eigenvalue weighted by Crippen LogP contribution is 3.14. The van der Waals surface area contributed by atoms with Crippen LogP contribution in [-0.2, 0) is 0 Å². The Hall–Kier alpha value is 0.257. The number of hydrogen-bond acceptors (Lipinski definition) is 0. The molecule has 0 aromatic heterocycles. The molecule has 0 amide bonds. The zero-order valence-electron chi connectivity index (χ0n) is 9.34. The average Bonchev–Trinajstić information content (AvgIpc) is 2.17. The highest BCUT2D eigenvalue weighted by molar-refractivity contribution is 9.12. The molecule has 0 nitrogen and oxygen atoms in total. The first kappa shape index (κ1) is 8.36. The van der Waals surface area contributed by atoms with Crippen molar-refractivity contribution in [2.24, 2.45) is 40.9 Å². The van der Waals surface area contributed by atoms with E-state index in [0.717, 1.165) is 40.5 Å². The summed E-state index contributed by atoms with van der Waals surface area (Å²) in [5.41, 5.74) is 0.574. The highest BCUT2D eigenvalue weighted by Gasteiger charge is 3.10. The van der Waals surface area contributed by atoms with E-state index < -0.39 is 8.07 Å². The van der Waals surface area contributed by atoms with Gasteiger partial charge in [-0.3, -0.25) is 0 Å². The molecule has 0 spiro atoms. The SMILES string of the molecule is C[Si](C)(C)C12C3C4C1C1C2C3C41C#CBr. The Balaban J connectivity index is 1.61. The third-order valence-electron chi connectivity index (χ3n) is 7.19. The first-order valence-corrected chi connectivity index (χ1v) is 10.5. The van der Waals surface area contributed by atoms with Gasteiger partial charge in [-0.15, -0.1) is 0 Å². The first-order chi connectivity index (χ1) is 7.04. The second-order valence-corrected chi connectivity index (χ2v) is 13.3. The maximum Gasteiger partial charge on any atom is 0.0517 e. The topological polar surface area (TPSA) is 0 Å². The van der Waals surface area contributed by atoms with Crippen molar-refractivity contribution in [2.75, 3.05) is 0 Å². The van der Waals surface area contributed by atoms with Gasteiger partial charge in [0, 0.05) is 21.3 Å². The van der Waals surface area contributed by atoms with E-state index in [1.54, 1.807) is 0 Å². The van der Waals surface area contributed by atoms with Gasteiger partial charge in [-0.05, 0) is 45.4 Å². The van der Waals surface area contributed by atoms with E-state index in [2.05, 4.69) is 46.3 Å². The number of halogens is 1. The van der Waals surface area contributed by atoms with Crippen LogP contribution in [0.2, 0.25) is 24.7 Å². The van der Waals surface area contributed by atoms with Crippen LogP contribution in [0.4, 0.5) is 0 Å². The predicted octanol–water partition coefficient (Wildman–Crippen LogP) is 3.17. The molecule has 2 heteroatoms. The molecule has 78 valence electrons. The van der Waals surface area contributed by atoms with E-state index in [1.165, 1.54) is 0 Å². The van der Waals surface area contributed by atoms with Crippen molar-refractivity contribution >= 4 is 24.0 Å². The molecule has 15 heavy (non-hydrogen) atoms. The van der Waals surface area contributed by atoms with Gasteiger partial charge in [-0.25, -0.2) is 0 Å². The summed E-state index contributed by atoms with van der Waals surface area (Å²) < 4.78 is 0. The predicted molar refractivity (Wildman–Crippen MR) is 66.1 cm³/mol. The van der Waals surface area contributed by atoms with E-state index in [0.29, 0.717) is 5.41 Å². The fourth-order valence-electron chi connectivity index (χ4n) is 7.36. The smallest absolute Gasteiger partial charge is 0.0517 e. The van der Waals surface area contributed by atoms with Gasteiger partial charge < -0.3 is 0 Å². The summed E-state index contributed by atoms with van der Waals surface area (Å²) in [6, 6.07) is 0. The average molecular weight is 279 g/mol. The second-order valence-electron chi connectivity index (χ2n) is 7.49. The maximum absolute atomic E-state index is 3.52. The quantitative estimate of drug-likeness (QED) is 0.511. The van der Waals surface area contributed by atoms with Gasteiger partial charge in [0.2, 0.25) is 0 Å². The van der Waals surface area contributed by atoms with Crippen LogP contribution in [-0.4, -0.2) is 8.07 Å². The monoisotopic (exact) mass is 278 g/mol. The third kappa shape index (κ3) is 0.399. The lowest BCUT2D eigenvalue weighted by Gasteiger charge is -3.12. The zero-order valence-corrected chi connectivity index (χ0v) is 11.9. The molecule has 0 radical (unpaired) electrons. The van der Waals surface area contributed by atoms with E-state index in [4.69, 9.17) is 0 Å². The van der Waals surface area contributed by atoms with Crippen LogP contribution in [0.25, 0.3) is 0 Å². The molecule has 6 aliphatic rings. The minimum Gasteiger partial charge on any atom is -0.0830 e. The zero-order chi connectivity index (χ0) is 10.4. The van der Waals surface area contributed by atoms with Crippen molar-refractivity contribution in [1.82, 2.24) is 0 Å². The van der Waals surface area contributed by atoms with Crippen molar-refractivity contribution < 1.29 is 0 Å². The van der Waals surface area contributed by atoms with Crippen molar-refractivity contribution in [3.8, 4) is 10.8 Å². The minimum atomic E-state index is -0.898. The lowest BCUT2D eigenvalue weighted by atomic mass is 8.96. The van der Waals surface area contributed by atoms with Crippen LogP contribution in [0.3, 0.4) is 0 Å². The molecule has 6 saturated carbocycles. The van der Waals surface area contributed by atoms with Gasteiger partial charge in [0.15, 0.2) is 0 Å². The largest absolute Gasteiger partial charge is 0.0830 e. The summed E-state index contributed by atoms with van der Waals surface area (Å²) >= 11 is 3.31. The van der Waals surface area contributed by atoms with Crippen LogP contribution < -0.4 is 0 Å².